The maximum atomic E-state index is 12.4. The van der Waals surface area contributed by atoms with Crippen molar-refractivity contribution in [1.29, 1.82) is 0 Å². The van der Waals surface area contributed by atoms with Gasteiger partial charge in [0.2, 0.25) is 5.43 Å². The molecule has 3 N–H and O–H groups in total. The molecule has 0 saturated carbocycles. The van der Waals surface area contributed by atoms with Crippen LogP contribution in [0.1, 0.15) is 10.4 Å². The Morgan fingerprint density at radius 1 is 1.45 bits per heavy atom. The fourth-order valence-electron chi connectivity index (χ4n) is 2.13. The van der Waals surface area contributed by atoms with Crippen LogP contribution >= 0.6 is 0 Å². The maximum absolute atomic E-state index is 12.4. The van der Waals surface area contributed by atoms with Crippen molar-refractivity contribution in [2.75, 3.05) is 26.5 Å². The van der Waals surface area contributed by atoms with Gasteiger partial charge in [-0.25, -0.2) is 0 Å². The van der Waals surface area contributed by atoms with Gasteiger partial charge < -0.3 is 20.4 Å². The number of nitrogen functional groups attached to an aromatic ring is 1. The number of aromatic nitrogens is 1. The molecular formula is C14H17N3O3. The van der Waals surface area contributed by atoms with Crippen LogP contribution < -0.4 is 16.5 Å². The van der Waals surface area contributed by atoms with Crippen molar-refractivity contribution in [3.05, 3.63) is 40.2 Å². The van der Waals surface area contributed by atoms with Gasteiger partial charge in [-0.05, 0) is 12.1 Å². The van der Waals surface area contributed by atoms with Gasteiger partial charge in [-0.2, -0.15) is 0 Å². The highest BCUT2D eigenvalue weighted by atomic mass is 16.5. The van der Waals surface area contributed by atoms with Crippen LogP contribution in [0.2, 0.25) is 0 Å². The van der Waals surface area contributed by atoms with Gasteiger partial charge in [-0.1, -0.05) is 6.07 Å². The molecule has 0 saturated heterocycles. The Morgan fingerprint density at radius 3 is 2.85 bits per heavy atom. The number of pyridine rings is 1. The summed E-state index contributed by atoms with van der Waals surface area (Å²) in [7, 11) is 3.08. The minimum Gasteiger partial charge on any atom is -0.398 e. The molecule has 6 nitrogen and oxygen atoms in total. The second kappa shape index (κ2) is 5.75. The Kier molecular flexibility index (Phi) is 4.05. The van der Waals surface area contributed by atoms with Crippen LogP contribution in [-0.4, -0.2) is 31.2 Å². The molecule has 2 aromatic rings. The zero-order valence-corrected chi connectivity index (χ0v) is 11.5. The van der Waals surface area contributed by atoms with Crippen LogP contribution in [0.25, 0.3) is 10.9 Å². The second-order valence-electron chi connectivity index (χ2n) is 4.38. The number of hydrogen-bond acceptors (Lipinski definition) is 4. The number of nitrogens with two attached hydrogens (primary N) is 1. The molecule has 0 spiro atoms. The quantitative estimate of drug-likeness (QED) is 0.800. The summed E-state index contributed by atoms with van der Waals surface area (Å²) >= 11 is 0. The van der Waals surface area contributed by atoms with Crippen molar-refractivity contribution < 1.29 is 9.53 Å². The molecule has 1 amide bonds. The normalized spacial score (nSPS) is 10.7. The lowest BCUT2D eigenvalue weighted by molar-refractivity contribution is 0.0961. The largest absolute Gasteiger partial charge is 0.398 e. The molecule has 0 aliphatic rings. The number of methoxy groups -OCH3 is 1. The van der Waals surface area contributed by atoms with Crippen LogP contribution in [0, 0.1) is 0 Å². The van der Waals surface area contributed by atoms with Crippen LogP contribution in [0.4, 0.5) is 5.69 Å². The van der Waals surface area contributed by atoms with Gasteiger partial charge in [0, 0.05) is 32.6 Å². The topological polar surface area (TPSA) is 86.3 Å². The van der Waals surface area contributed by atoms with E-state index in [1.54, 1.807) is 36.1 Å². The molecule has 0 atom stereocenters. The first-order valence-corrected chi connectivity index (χ1v) is 6.22. The summed E-state index contributed by atoms with van der Waals surface area (Å²) in [6.45, 7) is 1.00. The van der Waals surface area contributed by atoms with Crippen LogP contribution in [-0.2, 0) is 11.3 Å². The number of fused-ring (bicyclic) bond motifs is 1. The van der Waals surface area contributed by atoms with Gasteiger partial charge in [0.15, 0.2) is 0 Å². The molecule has 1 heterocycles. The number of hydrogen-bond donors (Lipinski definition) is 2. The molecule has 2 rings (SSSR count). The number of amides is 1. The molecule has 0 radical (unpaired) electrons. The Balaban J connectivity index is 2.77. The first-order valence-electron chi connectivity index (χ1n) is 6.22. The van der Waals surface area contributed by atoms with Crippen molar-refractivity contribution in [2.24, 2.45) is 0 Å². The Labute approximate surface area is 116 Å². The third-order valence-electron chi connectivity index (χ3n) is 3.15. The van der Waals surface area contributed by atoms with Crippen molar-refractivity contribution in [2.45, 2.75) is 6.54 Å². The van der Waals surface area contributed by atoms with E-state index in [2.05, 4.69) is 5.32 Å². The van der Waals surface area contributed by atoms with Gasteiger partial charge >= 0.3 is 0 Å². The second-order valence-corrected chi connectivity index (χ2v) is 4.38. The highest BCUT2D eigenvalue weighted by molar-refractivity contribution is 5.99. The van der Waals surface area contributed by atoms with Crippen LogP contribution in [0.5, 0.6) is 0 Å². The van der Waals surface area contributed by atoms with Crippen LogP contribution in [0.3, 0.4) is 0 Å². The summed E-state index contributed by atoms with van der Waals surface area (Å²) < 4.78 is 6.86. The number of carbonyl (C=O) groups is 1. The molecular weight excluding hydrogens is 258 g/mol. The average molecular weight is 275 g/mol. The smallest absolute Gasteiger partial charge is 0.256 e. The molecule has 106 valence electrons. The van der Waals surface area contributed by atoms with Gasteiger partial charge in [0.05, 0.1) is 17.5 Å². The summed E-state index contributed by atoms with van der Waals surface area (Å²) in [4.78, 5) is 24.2. The number of anilines is 1. The number of nitrogens with zero attached hydrogens (tertiary/aromatic N) is 1. The standard InChI is InChI=1S/C14H17N3O3/c1-16-14(19)9-8-17(6-7-20-2)11-5-3-4-10(15)12(11)13(9)18/h3-5,8H,6-7,15H2,1-2H3,(H,16,19). The molecule has 20 heavy (non-hydrogen) atoms. The Hall–Kier alpha value is -2.34. The number of rotatable bonds is 4. The first kappa shape index (κ1) is 14.1. The van der Waals surface area contributed by atoms with E-state index in [0.29, 0.717) is 29.7 Å². The fraction of sp³-hybridized carbons (Fsp3) is 0.286. The van der Waals surface area contributed by atoms with Gasteiger partial charge in [-0.15, -0.1) is 0 Å². The Bertz CT molecular complexity index is 707. The van der Waals surface area contributed by atoms with Crippen molar-refractivity contribution in [3.63, 3.8) is 0 Å². The molecule has 0 aliphatic carbocycles. The molecule has 6 heteroatoms. The zero-order valence-electron chi connectivity index (χ0n) is 11.5. The highest BCUT2D eigenvalue weighted by Gasteiger charge is 2.15. The lowest BCUT2D eigenvalue weighted by Gasteiger charge is -2.13. The van der Waals surface area contributed by atoms with Crippen LogP contribution in [0.15, 0.2) is 29.2 Å². The van der Waals surface area contributed by atoms with E-state index < -0.39 is 5.91 Å². The number of nitrogens with one attached hydrogen (secondary N) is 1. The highest BCUT2D eigenvalue weighted by Crippen LogP contribution is 2.18. The molecule has 1 aromatic carbocycles. The first-order chi connectivity index (χ1) is 9.60. The summed E-state index contributed by atoms with van der Waals surface area (Å²) in [5.74, 6) is -0.425. The SMILES string of the molecule is CNC(=O)c1cn(CCOC)c2cccc(N)c2c1=O. The fourth-order valence-corrected chi connectivity index (χ4v) is 2.13. The molecule has 0 unspecified atom stereocenters. The van der Waals surface area contributed by atoms with E-state index in [0.717, 1.165) is 0 Å². The van der Waals surface area contributed by atoms with E-state index >= 15 is 0 Å². The summed E-state index contributed by atoms with van der Waals surface area (Å²) in [6, 6.07) is 5.23. The predicted molar refractivity (Wildman–Crippen MR) is 77.9 cm³/mol. The molecule has 0 bridgehead atoms. The molecule has 0 fully saturated rings. The summed E-state index contributed by atoms with van der Waals surface area (Å²) in [6.07, 6.45) is 1.54. The third kappa shape index (κ3) is 2.37. The van der Waals surface area contributed by atoms with E-state index in [4.69, 9.17) is 10.5 Å². The Morgan fingerprint density at radius 2 is 2.20 bits per heavy atom. The number of carbonyl (C=O) groups excluding carboxylic acids is 1. The number of ether oxygens (including phenoxy) is 1. The third-order valence-corrected chi connectivity index (χ3v) is 3.15. The van der Waals surface area contributed by atoms with Gasteiger partial charge in [0.25, 0.3) is 5.91 Å². The van der Waals surface area contributed by atoms with E-state index in [1.807, 2.05) is 0 Å². The minimum atomic E-state index is -0.425. The van der Waals surface area contributed by atoms with E-state index in [1.165, 1.54) is 7.05 Å². The van der Waals surface area contributed by atoms with Gasteiger partial charge in [-0.3, -0.25) is 9.59 Å². The van der Waals surface area contributed by atoms with Crippen molar-refractivity contribution in [3.8, 4) is 0 Å². The zero-order chi connectivity index (χ0) is 14.7. The summed E-state index contributed by atoms with van der Waals surface area (Å²) in [5, 5.41) is 2.83. The lowest BCUT2D eigenvalue weighted by atomic mass is 10.1. The maximum Gasteiger partial charge on any atom is 0.256 e. The van der Waals surface area contributed by atoms with Crippen molar-refractivity contribution in [1.82, 2.24) is 9.88 Å². The molecule has 0 aliphatic heterocycles. The van der Waals surface area contributed by atoms with Crippen molar-refractivity contribution >= 4 is 22.5 Å². The van der Waals surface area contributed by atoms with Gasteiger partial charge in [0.1, 0.15) is 5.56 Å². The van der Waals surface area contributed by atoms with E-state index in [9.17, 15) is 9.59 Å². The minimum absolute atomic E-state index is 0.0778. The molecule has 1 aromatic heterocycles. The monoisotopic (exact) mass is 275 g/mol. The lowest BCUT2D eigenvalue weighted by Crippen LogP contribution is -2.27. The average Bonchev–Trinajstić information content (AvgIpc) is 2.45. The number of benzene rings is 1. The van der Waals surface area contributed by atoms with E-state index in [-0.39, 0.29) is 11.0 Å². The predicted octanol–water partition coefficient (Wildman–Crippen LogP) is 0.590. The summed E-state index contributed by atoms with van der Waals surface area (Å²) in [5.41, 5.74) is 6.67.